The summed E-state index contributed by atoms with van der Waals surface area (Å²) in [6.07, 6.45) is 1.50. The summed E-state index contributed by atoms with van der Waals surface area (Å²) < 4.78 is 2.57. The van der Waals surface area contributed by atoms with Gasteiger partial charge >= 0.3 is 0 Å². The number of rotatable bonds is 4. The monoisotopic (exact) mass is 322 g/mol. The standard InChI is InChI=1S/C13H15BrN4O/c1-2-18-12(11(15)8-17-18)13(19)16-7-9-4-3-5-10(14)6-9/h3-6,8H,2,7,15H2,1H3,(H,16,19). The quantitative estimate of drug-likeness (QED) is 0.906. The molecular formula is C13H15BrN4O. The molecule has 0 radical (unpaired) electrons. The van der Waals surface area contributed by atoms with Crippen LogP contribution in [0.15, 0.2) is 34.9 Å². The van der Waals surface area contributed by atoms with Crippen molar-refractivity contribution in [1.82, 2.24) is 15.1 Å². The molecule has 5 nitrogen and oxygen atoms in total. The first-order valence-corrected chi connectivity index (χ1v) is 6.75. The molecule has 0 aliphatic carbocycles. The molecule has 6 heteroatoms. The third-order valence-electron chi connectivity index (χ3n) is 2.72. The number of halogens is 1. The number of amides is 1. The zero-order valence-electron chi connectivity index (χ0n) is 10.6. The molecule has 100 valence electrons. The topological polar surface area (TPSA) is 72.9 Å². The molecule has 2 aromatic rings. The Balaban J connectivity index is 2.07. The van der Waals surface area contributed by atoms with Gasteiger partial charge in [0.15, 0.2) is 0 Å². The highest BCUT2D eigenvalue weighted by atomic mass is 79.9. The Labute approximate surface area is 119 Å². The predicted molar refractivity (Wildman–Crippen MR) is 77.6 cm³/mol. The molecule has 3 N–H and O–H groups in total. The van der Waals surface area contributed by atoms with Crippen molar-refractivity contribution in [2.45, 2.75) is 20.0 Å². The highest BCUT2D eigenvalue weighted by molar-refractivity contribution is 9.10. The normalized spacial score (nSPS) is 10.4. The molecule has 0 aliphatic rings. The fraction of sp³-hybridized carbons (Fsp3) is 0.231. The molecule has 0 saturated heterocycles. The number of nitrogens with two attached hydrogens (primary N) is 1. The second-order valence-corrected chi connectivity index (χ2v) is 4.99. The third kappa shape index (κ3) is 3.14. The summed E-state index contributed by atoms with van der Waals surface area (Å²) in [7, 11) is 0. The smallest absolute Gasteiger partial charge is 0.271 e. The summed E-state index contributed by atoms with van der Waals surface area (Å²) in [4.78, 5) is 12.1. The molecular weight excluding hydrogens is 308 g/mol. The Morgan fingerprint density at radius 2 is 2.32 bits per heavy atom. The van der Waals surface area contributed by atoms with Crippen LogP contribution in [0.2, 0.25) is 0 Å². The zero-order valence-corrected chi connectivity index (χ0v) is 12.1. The van der Waals surface area contributed by atoms with E-state index in [0.717, 1.165) is 10.0 Å². The maximum Gasteiger partial charge on any atom is 0.271 e. The number of benzene rings is 1. The number of aryl methyl sites for hydroxylation is 1. The van der Waals surface area contributed by atoms with Gasteiger partial charge in [-0.1, -0.05) is 28.1 Å². The second-order valence-electron chi connectivity index (χ2n) is 4.08. The summed E-state index contributed by atoms with van der Waals surface area (Å²) in [6, 6.07) is 7.78. The number of anilines is 1. The van der Waals surface area contributed by atoms with Gasteiger partial charge in [-0.2, -0.15) is 5.10 Å². The fourth-order valence-electron chi connectivity index (χ4n) is 1.80. The molecule has 0 bridgehead atoms. The van der Waals surface area contributed by atoms with Crippen LogP contribution in [0.25, 0.3) is 0 Å². The van der Waals surface area contributed by atoms with Crippen molar-refractivity contribution in [3.63, 3.8) is 0 Å². The van der Waals surface area contributed by atoms with Gasteiger partial charge in [0.05, 0.1) is 11.9 Å². The van der Waals surface area contributed by atoms with Crippen LogP contribution in [0, 0.1) is 0 Å². The number of hydrogen-bond donors (Lipinski definition) is 2. The first kappa shape index (κ1) is 13.6. The van der Waals surface area contributed by atoms with Crippen LogP contribution in [0.1, 0.15) is 23.0 Å². The lowest BCUT2D eigenvalue weighted by molar-refractivity contribution is 0.0941. The summed E-state index contributed by atoms with van der Waals surface area (Å²) in [5.74, 6) is -0.211. The van der Waals surface area contributed by atoms with Crippen molar-refractivity contribution in [3.8, 4) is 0 Å². The lowest BCUT2D eigenvalue weighted by Crippen LogP contribution is -2.26. The van der Waals surface area contributed by atoms with Crippen LogP contribution in [-0.2, 0) is 13.1 Å². The summed E-state index contributed by atoms with van der Waals surface area (Å²) in [6.45, 7) is 2.97. The van der Waals surface area contributed by atoms with E-state index >= 15 is 0 Å². The average molecular weight is 323 g/mol. The van der Waals surface area contributed by atoms with E-state index in [9.17, 15) is 4.79 Å². The fourth-order valence-corrected chi connectivity index (χ4v) is 2.25. The van der Waals surface area contributed by atoms with Crippen LogP contribution < -0.4 is 11.1 Å². The van der Waals surface area contributed by atoms with Crippen molar-refractivity contribution in [1.29, 1.82) is 0 Å². The molecule has 1 aromatic heterocycles. The van der Waals surface area contributed by atoms with Crippen molar-refractivity contribution >= 4 is 27.5 Å². The number of aromatic nitrogens is 2. The van der Waals surface area contributed by atoms with Crippen molar-refractivity contribution in [2.75, 3.05) is 5.73 Å². The minimum absolute atomic E-state index is 0.211. The van der Waals surface area contributed by atoms with Gasteiger partial charge in [-0.25, -0.2) is 0 Å². The highest BCUT2D eigenvalue weighted by Gasteiger charge is 2.15. The number of carbonyl (C=O) groups excluding carboxylic acids is 1. The minimum Gasteiger partial charge on any atom is -0.396 e. The molecule has 1 heterocycles. The third-order valence-corrected chi connectivity index (χ3v) is 3.22. The number of hydrogen-bond acceptors (Lipinski definition) is 3. The van der Waals surface area contributed by atoms with E-state index in [-0.39, 0.29) is 5.91 Å². The number of nitrogens with one attached hydrogen (secondary N) is 1. The first-order chi connectivity index (χ1) is 9.11. The molecule has 0 unspecified atom stereocenters. The lowest BCUT2D eigenvalue weighted by Gasteiger charge is -2.08. The van der Waals surface area contributed by atoms with Crippen molar-refractivity contribution in [3.05, 3.63) is 46.2 Å². The SMILES string of the molecule is CCn1ncc(N)c1C(=O)NCc1cccc(Br)c1. The van der Waals surface area contributed by atoms with Crippen molar-refractivity contribution in [2.24, 2.45) is 0 Å². The van der Waals surface area contributed by atoms with Crippen LogP contribution in [0.4, 0.5) is 5.69 Å². The molecule has 1 aromatic carbocycles. The molecule has 2 rings (SSSR count). The summed E-state index contributed by atoms with van der Waals surface area (Å²) >= 11 is 3.40. The maximum atomic E-state index is 12.1. The molecule has 0 spiro atoms. The summed E-state index contributed by atoms with van der Waals surface area (Å²) in [5.41, 5.74) is 7.59. The molecule has 0 atom stereocenters. The Bertz CT molecular complexity index is 594. The van der Waals surface area contributed by atoms with Crippen molar-refractivity contribution < 1.29 is 4.79 Å². The van der Waals surface area contributed by atoms with E-state index in [0.29, 0.717) is 24.5 Å². The predicted octanol–water partition coefficient (Wildman–Crippen LogP) is 2.18. The van der Waals surface area contributed by atoms with E-state index in [4.69, 9.17) is 5.73 Å². The van der Waals surface area contributed by atoms with Gasteiger partial charge in [-0.3, -0.25) is 9.48 Å². The van der Waals surface area contributed by atoms with E-state index in [1.54, 1.807) is 4.68 Å². The molecule has 1 amide bonds. The van der Waals surface area contributed by atoms with E-state index < -0.39 is 0 Å². The maximum absolute atomic E-state index is 12.1. The van der Waals surface area contributed by atoms with Crippen LogP contribution in [-0.4, -0.2) is 15.7 Å². The van der Waals surface area contributed by atoms with Crippen LogP contribution >= 0.6 is 15.9 Å². The van der Waals surface area contributed by atoms with Gasteiger partial charge in [-0.05, 0) is 24.6 Å². The Hall–Kier alpha value is -1.82. The second kappa shape index (κ2) is 5.88. The van der Waals surface area contributed by atoms with Gasteiger partial charge in [0.1, 0.15) is 5.69 Å². The van der Waals surface area contributed by atoms with Crippen LogP contribution in [0.3, 0.4) is 0 Å². The molecule has 19 heavy (non-hydrogen) atoms. The number of carbonyl (C=O) groups is 1. The van der Waals surface area contributed by atoms with E-state index in [2.05, 4.69) is 26.3 Å². The van der Waals surface area contributed by atoms with E-state index in [1.807, 2.05) is 31.2 Å². The zero-order chi connectivity index (χ0) is 13.8. The minimum atomic E-state index is -0.211. The molecule has 0 aliphatic heterocycles. The van der Waals surface area contributed by atoms with Gasteiger partial charge < -0.3 is 11.1 Å². The largest absolute Gasteiger partial charge is 0.396 e. The Morgan fingerprint density at radius 3 is 3.00 bits per heavy atom. The number of nitrogen functional groups attached to an aromatic ring is 1. The van der Waals surface area contributed by atoms with E-state index in [1.165, 1.54) is 6.20 Å². The number of nitrogens with zero attached hydrogens (tertiary/aromatic N) is 2. The Kier molecular flexibility index (Phi) is 4.21. The average Bonchev–Trinajstić information content (AvgIpc) is 2.77. The van der Waals surface area contributed by atoms with Gasteiger partial charge in [-0.15, -0.1) is 0 Å². The molecule has 0 fully saturated rings. The van der Waals surface area contributed by atoms with Gasteiger partial charge in [0, 0.05) is 17.6 Å². The first-order valence-electron chi connectivity index (χ1n) is 5.95. The summed E-state index contributed by atoms with van der Waals surface area (Å²) in [5, 5.41) is 6.89. The molecule has 0 saturated carbocycles. The Morgan fingerprint density at radius 1 is 1.53 bits per heavy atom. The van der Waals surface area contributed by atoms with Gasteiger partial charge in [0.25, 0.3) is 5.91 Å². The van der Waals surface area contributed by atoms with Gasteiger partial charge in [0.2, 0.25) is 0 Å². The van der Waals surface area contributed by atoms with Crippen LogP contribution in [0.5, 0.6) is 0 Å². The highest BCUT2D eigenvalue weighted by Crippen LogP contribution is 2.13. The lowest BCUT2D eigenvalue weighted by atomic mass is 10.2.